The highest BCUT2D eigenvalue weighted by molar-refractivity contribution is 8.23. The van der Waals surface area contributed by atoms with E-state index in [1.807, 2.05) is 0 Å². The number of rotatable bonds is 5. The van der Waals surface area contributed by atoms with Gasteiger partial charge in [-0.2, -0.15) is 0 Å². The van der Waals surface area contributed by atoms with Gasteiger partial charge < -0.3 is 19.7 Å². The van der Waals surface area contributed by atoms with E-state index in [1.165, 1.54) is 40.9 Å². The zero-order chi connectivity index (χ0) is 22.9. The number of amides is 2. The van der Waals surface area contributed by atoms with Crippen molar-refractivity contribution < 1.29 is 28.8 Å². The van der Waals surface area contributed by atoms with Gasteiger partial charge in [-0.1, -0.05) is 12.2 Å². The van der Waals surface area contributed by atoms with Crippen molar-refractivity contribution in [2.75, 3.05) is 5.75 Å². The molecule has 31 heavy (non-hydrogen) atoms. The van der Waals surface area contributed by atoms with E-state index in [-0.39, 0.29) is 12.3 Å². The van der Waals surface area contributed by atoms with Crippen molar-refractivity contribution in [1.29, 1.82) is 0 Å². The summed E-state index contributed by atoms with van der Waals surface area (Å²) in [6, 6.07) is 3.35. The Morgan fingerprint density at radius 2 is 1.97 bits per heavy atom. The predicted molar refractivity (Wildman–Crippen MR) is 116 cm³/mol. The number of nitrogens with one attached hydrogen (secondary N) is 1. The van der Waals surface area contributed by atoms with Gasteiger partial charge in [-0.25, -0.2) is 9.59 Å². The van der Waals surface area contributed by atoms with Crippen molar-refractivity contribution in [3.63, 3.8) is 0 Å². The fraction of sp³-hybridized carbons (Fsp3) is 0.474. The molecule has 10 nitrogen and oxygen atoms in total. The lowest BCUT2D eigenvalue weighted by Crippen LogP contribution is -2.77. The predicted octanol–water partition coefficient (Wildman–Crippen LogP) is 2.18. The number of hydrogen-bond donors (Lipinski definition) is 1. The normalized spacial score (nSPS) is 22.8. The van der Waals surface area contributed by atoms with Gasteiger partial charge in [-0.15, -0.1) is 11.8 Å². The molecule has 0 aliphatic carbocycles. The molecule has 0 saturated carbocycles. The van der Waals surface area contributed by atoms with Crippen LogP contribution in [0.4, 0.5) is 10.5 Å². The molecule has 0 bridgehead atoms. The molecule has 0 aromatic heterocycles. The van der Waals surface area contributed by atoms with E-state index in [9.17, 15) is 24.5 Å². The zero-order valence-corrected chi connectivity index (χ0v) is 18.7. The highest BCUT2D eigenvalue weighted by Crippen LogP contribution is 2.35. The molecule has 2 aliphatic rings. The maximum absolute atomic E-state index is 12.7. The largest absolute Gasteiger partial charge is 0.459 e. The van der Waals surface area contributed by atoms with Crippen LogP contribution in [0.5, 0.6) is 0 Å². The summed E-state index contributed by atoms with van der Waals surface area (Å²) in [5.41, 5.74) is -0.217. The maximum atomic E-state index is 12.7. The molecule has 2 fully saturated rings. The monoisotopic (exact) mass is 467 g/mol. The van der Waals surface area contributed by atoms with Crippen molar-refractivity contribution in [3.8, 4) is 0 Å². The molecule has 2 aliphatic heterocycles. The first-order valence-corrected chi connectivity index (χ1v) is 10.8. The van der Waals surface area contributed by atoms with E-state index in [0.29, 0.717) is 15.5 Å². The number of esters is 1. The molecule has 12 heteroatoms. The van der Waals surface area contributed by atoms with Crippen molar-refractivity contribution in [2.45, 2.75) is 51.1 Å². The molecular weight excluding hydrogens is 446 g/mol. The number of thiocarbonyl (C=S) groups is 1. The van der Waals surface area contributed by atoms with Crippen LogP contribution in [0.1, 0.15) is 26.3 Å². The number of hydrogen-bond acceptors (Lipinski definition) is 9. The van der Waals surface area contributed by atoms with E-state index in [2.05, 4.69) is 5.32 Å². The molecule has 2 heterocycles. The van der Waals surface area contributed by atoms with Crippen LogP contribution in [0, 0.1) is 10.1 Å². The lowest BCUT2D eigenvalue weighted by molar-refractivity contribution is -0.384. The summed E-state index contributed by atoms with van der Waals surface area (Å²) in [4.78, 5) is 48.9. The molecule has 0 spiro atoms. The van der Waals surface area contributed by atoms with Crippen LogP contribution in [0.3, 0.4) is 0 Å². The number of non-ortho nitro benzene ring substituents is 1. The Labute approximate surface area is 187 Å². The van der Waals surface area contributed by atoms with Crippen molar-refractivity contribution in [2.24, 2.45) is 0 Å². The number of fused-ring (bicyclic) bond motifs is 1. The van der Waals surface area contributed by atoms with Crippen molar-refractivity contribution in [3.05, 3.63) is 39.9 Å². The zero-order valence-electron chi connectivity index (χ0n) is 17.0. The quantitative estimate of drug-likeness (QED) is 0.228. The number of nitrogens with zero attached hydrogens (tertiary/aromatic N) is 2. The number of alkyl carbamates (subject to hydrolysis) is 1. The number of carbonyl (C=O) groups is 3. The smallest absolute Gasteiger partial charge is 0.408 e. The minimum absolute atomic E-state index is 0.0718. The standard InChI is InChI=1S/C19H21N3O7S2/c1-19(2,3)29-18(25)20-13-12-9-31-17(30)14(21(12)15(13)23)16(24)28-8-10-4-6-11(7-5-10)22(26)27/h4-7,12-14H,8-9H2,1-3H3,(H,20,25). The van der Waals surface area contributed by atoms with E-state index in [4.69, 9.17) is 21.7 Å². The van der Waals surface area contributed by atoms with Gasteiger partial charge in [0.25, 0.3) is 5.69 Å². The molecule has 166 valence electrons. The van der Waals surface area contributed by atoms with Crippen LogP contribution in [0.2, 0.25) is 0 Å². The van der Waals surface area contributed by atoms with Gasteiger partial charge in [0.2, 0.25) is 5.91 Å². The average molecular weight is 468 g/mol. The fourth-order valence-electron chi connectivity index (χ4n) is 3.17. The van der Waals surface area contributed by atoms with Gasteiger partial charge in [0, 0.05) is 17.9 Å². The van der Waals surface area contributed by atoms with Crippen LogP contribution in [0.15, 0.2) is 24.3 Å². The minimum Gasteiger partial charge on any atom is -0.459 e. The third-order valence-corrected chi connectivity index (χ3v) is 6.18. The Morgan fingerprint density at radius 1 is 1.32 bits per heavy atom. The minimum atomic E-state index is -1.04. The number of carbonyl (C=O) groups excluding carboxylic acids is 3. The van der Waals surface area contributed by atoms with Crippen LogP contribution in [-0.4, -0.2) is 61.5 Å². The number of ether oxygens (including phenoxy) is 2. The number of thioether (sulfide) groups is 1. The molecule has 3 unspecified atom stereocenters. The summed E-state index contributed by atoms with van der Waals surface area (Å²) in [7, 11) is 0. The van der Waals surface area contributed by atoms with Gasteiger partial charge in [0.1, 0.15) is 18.2 Å². The number of β-lactam (4-membered cyclic amide) rings is 1. The van der Waals surface area contributed by atoms with Gasteiger partial charge in [0.05, 0.1) is 15.2 Å². The molecule has 2 amide bonds. The van der Waals surface area contributed by atoms with Crippen LogP contribution >= 0.6 is 24.0 Å². The van der Waals surface area contributed by atoms with Gasteiger partial charge in [-0.05, 0) is 38.5 Å². The number of nitro groups is 1. The second-order valence-corrected chi connectivity index (χ2v) is 9.76. The molecule has 1 aromatic rings. The first-order chi connectivity index (χ1) is 14.5. The Morgan fingerprint density at radius 3 is 2.55 bits per heavy atom. The first-order valence-electron chi connectivity index (χ1n) is 9.36. The van der Waals surface area contributed by atoms with E-state index in [0.717, 1.165) is 0 Å². The summed E-state index contributed by atoms with van der Waals surface area (Å²) in [5.74, 6) is -0.683. The van der Waals surface area contributed by atoms with Gasteiger partial charge in [-0.3, -0.25) is 14.9 Å². The lowest BCUT2D eigenvalue weighted by atomic mass is 9.93. The topological polar surface area (TPSA) is 128 Å². The summed E-state index contributed by atoms with van der Waals surface area (Å²) < 4.78 is 10.8. The van der Waals surface area contributed by atoms with E-state index < -0.39 is 46.6 Å². The third kappa shape index (κ3) is 5.13. The number of nitro benzene ring substituents is 1. The van der Waals surface area contributed by atoms with Gasteiger partial charge in [0.15, 0.2) is 6.04 Å². The SMILES string of the molecule is CC(C)(C)OC(=O)NC1C(=O)N2C(C(=O)OCc3ccc([N+](=O)[O-])cc3)C(=S)SCC12. The molecule has 2 saturated heterocycles. The Hall–Kier alpha value is -2.73. The average Bonchev–Trinajstić information content (AvgIpc) is 2.69. The molecule has 1 aromatic carbocycles. The second-order valence-electron chi connectivity index (χ2n) is 8.00. The van der Waals surface area contributed by atoms with Crippen molar-refractivity contribution >= 4 is 51.8 Å². The first kappa shape index (κ1) is 22.9. The third-order valence-electron chi connectivity index (χ3n) is 4.58. The van der Waals surface area contributed by atoms with Crippen LogP contribution < -0.4 is 5.32 Å². The molecule has 3 rings (SSSR count). The number of benzene rings is 1. The van der Waals surface area contributed by atoms with E-state index >= 15 is 0 Å². The highest BCUT2D eigenvalue weighted by Gasteiger charge is 2.57. The molecule has 0 radical (unpaired) electrons. The maximum Gasteiger partial charge on any atom is 0.408 e. The molecule has 3 atom stereocenters. The molecule has 1 N–H and O–H groups in total. The van der Waals surface area contributed by atoms with Crippen LogP contribution in [0.25, 0.3) is 0 Å². The summed E-state index contributed by atoms with van der Waals surface area (Å²) in [5, 5.41) is 13.3. The lowest BCUT2D eigenvalue weighted by Gasteiger charge is -2.52. The Kier molecular flexibility index (Phi) is 6.51. The second kappa shape index (κ2) is 8.79. The van der Waals surface area contributed by atoms with Crippen LogP contribution in [-0.2, 0) is 25.7 Å². The summed E-state index contributed by atoms with van der Waals surface area (Å²) in [6.07, 6.45) is -0.707. The highest BCUT2D eigenvalue weighted by atomic mass is 32.2. The molecular formula is C19H21N3O7S2. The Bertz CT molecular complexity index is 929. The Balaban J connectivity index is 1.61. The fourth-order valence-corrected chi connectivity index (χ4v) is 4.64. The summed E-state index contributed by atoms with van der Waals surface area (Å²) in [6.45, 7) is 5.03. The van der Waals surface area contributed by atoms with Gasteiger partial charge >= 0.3 is 12.1 Å². The van der Waals surface area contributed by atoms with E-state index in [1.54, 1.807) is 20.8 Å². The van der Waals surface area contributed by atoms with Crippen molar-refractivity contribution in [1.82, 2.24) is 10.2 Å². The summed E-state index contributed by atoms with van der Waals surface area (Å²) >= 11 is 6.54.